The average Bonchev–Trinajstić information content (AvgIpc) is 3.55. The van der Waals surface area contributed by atoms with E-state index in [1.54, 1.807) is 49.8 Å². The summed E-state index contributed by atoms with van der Waals surface area (Å²) in [7, 11) is -2.16. The van der Waals surface area contributed by atoms with E-state index in [4.69, 9.17) is 14.2 Å². The summed E-state index contributed by atoms with van der Waals surface area (Å²) >= 11 is 0. The average molecular weight is 629 g/mol. The largest absolute Gasteiger partial charge is 0.497 e. The molecule has 0 N–H and O–H groups in total. The SMILES string of the molecule is COc1cc(C)c(S(=O)(=O)N2CCCCC2COCC(=O)N2CCC(OCCN3CCCC3)(c3ccncc3)CC2)c(C)c1. The predicted octanol–water partition coefficient (Wildman–Crippen LogP) is 3.90. The fourth-order valence-electron chi connectivity index (χ4n) is 7.05. The van der Waals surface area contributed by atoms with Crippen molar-refractivity contribution in [3.63, 3.8) is 0 Å². The number of ether oxygens (including phenoxy) is 3. The fraction of sp³-hybridized carbons (Fsp3) is 0.636. The van der Waals surface area contributed by atoms with E-state index in [9.17, 15) is 13.2 Å². The molecule has 1 aromatic heterocycles. The van der Waals surface area contributed by atoms with E-state index >= 15 is 0 Å². The van der Waals surface area contributed by atoms with Crippen LogP contribution in [0.25, 0.3) is 0 Å². The number of rotatable bonds is 12. The van der Waals surface area contributed by atoms with Crippen LogP contribution in [0.2, 0.25) is 0 Å². The van der Waals surface area contributed by atoms with Crippen molar-refractivity contribution in [1.82, 2.24) is 19.1 Å². The van der Waals surface area contributed by atoms with E-state index < -0.39 is 15.6 Å². The Bertz CT molecular complexity index is 1330. The van der Waals surface area contributed by atoms with Gasteiger partial charge >= 0.3 is 0 Å². The Morgan fingerprint density at radius 2 is 1.64 bits per heavy atom. The smallest absolute Gasteiger partial charge is 0.248 e. The number of hydrogen-bond donors (Lipinski definition) is 0. The number of hydrogen-bond acceptors (Lipinski definition) is 8. The summed E-state index contributed by atoms with van der Waals surface area (Å²) in [6.07, 6.45) is 9.96. The Morgan fingerprint density at radius 3 is 2.30 bits per heavy atom. The molecule has 1 amide bonds. The lowest BCUT2D eigenvalue weighted by Gasteiger charge is -2.42. The van der Waals surface area contributed by atoms with Crippen LogP contribution in [0.1, 0.15) is 61.6 Å². The number of pyridine rings is 1. The summed E-state index contributed by atoms with van der Waals surface area (Å²) in [5.74, 6) is 0.567. The van der Waals surface area contributed by atoms with E-state index in [0.717, 1.165) is 38.0 Å². The summed E-state index contributed by atoms with van der Waals surface area (Å²) in [6.45, 7) is 9.19. The minimum absolute atomic E-state index is 0.0664. The number of aryl methyl sites for hydroxylation is 2. The lowest BCUT2D eigenvalue weighted by atomic mass is 9.84. The van der Waals surface area contributed by atoms with Crippen LogP contribution < -0.4 is 4.74 Å². The van der Waals surface area contributed by atoms with Crippen molar-refractivity contribution < 1.29 is 27.4 Å². The normalized spacial score (nSPS) is 21.4. The van der Waals surface area contributed by atoms with Crippen LogP contribution in [0.15, 0.2) is 41.6 Å². The zero-order valence-electron chi connectivity index (χ0n) is 26.5. The van der Waals surface area contributed by atoms with Crippen LogP contribution in [-0.4, -0.2) is 106 Å². The van der Waals surface area contributed by atoms with Gasteiger partial charge in [0.1, 0.15) is 12.4 Å². The van der Waals surface area contributed by atoms with Gasteiger partial charge < -0.3 is 24.0 Å². The van der Waals surface area contributed by atoms with Crippen molar-refractivity contribution in [2.45, 2.75) is 75.3 Å². The summed E-state index contributed by atoms with van der Waals surface area (Å²) in [5.41, 5.74) is 2.00. The Morgan fingerprint density at radius 1 is 0.977 bits per heavy atom. The number of methoxy groups -OCH3 is 1. The van der Waals surface area contributed by atoms with E-state index in [0.29, 0.717) is 67.3 Å². The molecule has 0 aliphatic carbocycles. The third-order valence-electron chi connectivity index (χ3n) is 9.46. The zero-order valence-corrected chi connectivity index (χ0v) is 27.3. The van der Waals surface area contributed by atoms with Crippen molar-refractivity contribution in [3.05, 3.63) is 53.3 Å². The molecule has 3 fully saturated rings. The molecule has 5 rings (SSSR count). The minimum atomic E-state index is -3.74. The fourth-order valence-corrected chi connectivity index (χ4v) is 9.14. The molecule has 3 aliphatic rings. The maximum atomic E-state index is 13.8. The van der Waals surface area contributed by atoms with Gasteiger partial charge in [0.2, 0.25) is 15.9 Å². The highest BCUT2D eigenvalue weighted by Gasteiger charge is 2.39. The third kappa shape index (κ3) is 7.45. The molecule has 10 nitrogen and oxygen atoms in total. The predicted molar refractivity (Wildman–Crippen MR) is 168 cm³/mol. The van der Waals surface area contributed by atoms with Crippen LogP contribution in [0, 0.1) is 13.8 Å². The van der Waals surface area contributed by atoms with Crippen LogP contribution in [-0.2, 0) is 29.9 Å². The Hall–Kier alpha value is -2.57. The van der Waals surface area contributed by atoms with Gasteiger partial charge in [0.05, 0.1) is 30.8 Å². The third-order valence-corrected chi connectivity index (χ3v) is 11.7. The maximum absolute atomic E-state index is 13.8. The summed E-state index contributed by atoms with van der Waals surface area (Å²) < 4.78 is 47.2. The molecule has 1 atom stereocenters. The lowest BCUT2D eigenvalue weighted by Crippen LogP contribution is -2.49. The second kappa shape index (κ2) is 14.7. The van der Waals surface area contributed by atoms with E-state index in [1.165, 1.54) is 12.8 Å². The van der Waals surface area contributed by atoms with Crippen LogP contribution in [0.5, 0.6) is 5.75 Å². The highest BCUT2D eigenvalue weighted by molar-refractivity contribution is 7.89. The van der Waals surface area contributed by atoms with Crippen molar-refractivity contribution >= 4 is 15.9 Å². The minimum Gasteiger partial charge on any atom is -0.497 e. The standard InChI is InChI=1S/C33H48N4O6S/c1-26-22-30(41-3)23-27(2)32(26)44(39,40)37-17-5-4-8-29(37)24-42-25-31(38)36-18-11-33(12-19-36,28-9-13-34-14-10-28)43-21-20-35-15-6-7-16-35/h9-10,13-14,22-23,29H,4-8,11-12,15-21,24-25H2,1-3H3. The summed E-state index contributed by atoms with van der Waals surface area (Å²) in [6, 6.07) is 7.25. The van der Waals surface area contributed by atoms with Gasteiger partial charge in [0.25, 0.3) is 0 Å². The number of carbonyl (C=O) groups excluding carboxylic acids is 1. The number of sulfonamides is 1. The monoisotopic (exact) mass is 628 g/mol. The van der Waals surface area contributed by atoms with Gasteiger partial charge in [-0.1, -0.05) is 6.42 Å². The molecule has 0 radical (unpaired) electrons. The molecule has 4 heterocycles. The molecule has 1 aromatic carbocycles. The van der Waals surface area contributed by atoms with Crippen molar-refractivity contribution in [2.75, 3.05) is 66.2 Å². The molecule has 1 unspecified atom stereocenters. The first-order valence-electron chi connectivity index (χ1n) is 16.0. The molecule has 2 aromatic rings. The lowest BCUT2D eigenvalue weighted by molar-refractivity contribution is -0.144. The van der Waals surface area contributed by atoms with Crippen LogP contribution in [0.3, 0.4) is 0 Å². The number of amides is 1. The van der Waals surface area contributed by atoms with Crippen molar-refractivity contribution in [2.24, 2.45) is 0 Å². The van der Waals surface area contributed by atoms with Gasteiger partial charge in [0, 0.05) is 44.6 Å². The van der Waals surface area contributed by atoms with E-state index in [2.05, 4.69) is 9.88 Å². The van der Waals surface area contributed by atoms with Crippen molar-refractivity contribution in [1.29, 1.82) is 0 Å². The van der Waals surface area contributed by atoms with Gasteiger partial charge in [-0.3, -0.25) is 9.78 Å². The molecule has 44 heavy (non-hydrogen) atoms. The summed E-state index contributed by atoms with van der Waals surface area (Å²) in [5, 5.41) is 0. The number of likely N-dealkylation sites (tertiary alicyclic amines) is 2. The first kappa shape index (κ1) is 32.8. The molecule has 0 bridgehead atoms. The molecule has 242 valence electrons. The highest BCUT2D eigenvalue weighted by atomic mass is 32.2. The molecule has 0 spiro atoms. The number of piperidine rings is 2. The van der Waals surface area contributed by atoms with Crippen molar-refractivity contribution in [3.8, 4) is 5.75 Å². The molecular formula is C33H48N4O6S. The molecule has 3 saturated heterocycles. The van der Waals surface area contributed by atoms with Crippen LogP contribution >= 0.6 is 0 Å². The maximum Gasteiger partial charge on any atom is 0.248 e. The van der Waals surface area contributed by atoms with Gasteiger partial charge in [-0.05, 0) is 106 Å². The Labute approximate surface area is 262 Å². The van der Waals surface area contributed by atoms with Gasteiger partial charge in [0.15, 0.2) is 0 Å². The van der Waals surface area contributed by atoms with Gasteiger partial charge in [-0.2, -0.15) is 4.31 Å². The quantitative estimate of drug-likeness (QED) is 0.349. The highest BCUT2D eigenvalue weighted by Crippen LogP contribution is 2.37. The molecule has 3 aliphatic heterocycles. The number of benzene rings is 1. The second-order valence-corrected chi connectivity index (χ2v) is 14.2. The number of aromatic nitrogens is 1. The molecule has 11 heteroatoms. The second-order valence-electron chi connectivity index (χ2n) is 12.4. The molecule has 0 saturated carbocycles. The Balaban J connectivity index is 1.16. The number of nitrogens with zero attached hydrogens (tertiary/aromatic N) is 4. The first-order chi connectivity index (χ1) is 21.2. The van der Waals surface area contributed by atoms with E-state index in [-0.39, 0.29) is 25.2 Å². The topological polar surface area (TPSA) is 102 Å². The van der Waals surface area contributed by atoms with Gasteiger partial charge in [-0.25, -0.2) is 8.42 Å². The number of carbonyl (C=O) groups is 1. The van der Waals surface area contributed by atoms with Gasteiger partial charge in [-0.15, -0.1) is 0 Å². The summed E-state index contributed by atoms with van der Waals surface area (Å²) in [4.78, 5) is 22.0. The Kier molecular flexibility index (Phi) is 10.9. The van der Waals surface area contributed by atoms with Crippen LogP contribution in [0.4, 0.5) is 0 Å². The molecular weight excluding hydrogens is 580 g/mol. The first-order valence-corrected chi connectivity index (χ1v) is 17.5. The van der Waals surface area contributed by atoms with E-state index in [1.807, 2.05) is 17.0 Å². The zero-order chi connectivity index (χ0) is 31.2.